The van der Waals surface area contributed by atoms with Crippen molar-refractivity contribution in [3.05, 3.63) is 0 Å². The number of carbonyl (C=O) groups excluding carboxylic acids is 2. The highest BCUT2D eigenvalue weighted by molar-refractivity contribution is 5.90. The summed E-state index contributed by atoms with van der Waals surface area (Å²) in [5.41, 5.74) is 0. The monoisotopic (exact) mass is 269 g/mol. The average molecular weight is 269 g/mol. The second kappa shape index (κ2) is 5.56. The lowest BCUT2D eigenvalue weighted by Crippen LogP contribution is -2.56. The summed E-state index contributed by atoms with van der Waals surface area (Å²) in [6.07, 6.45) is 0.968. The minimum atomic E-state index is -0.845. The van der Waals surface area contributed by atoms with E-state index in [9.17, 15) is 14.4 Å². The topological polar surface area (TPSA) is 90.0 Å². The number of nitrogens with one attached hydrogen (secondary N) is 1. The summed E-state index contributed by atoms with van der Waals surface area (Å²) in [7, 11) is 0. The van der Waals surface area contributed by atoms with Crippen molar-refractivity contribution in [2.24, 2.45) is 0 Å². The maximum absolute atomic E-state index is 12.1. The summed E-state index contributed by atoms with van der Waals surface area (Å²) in [5, 5.41) is 11.6. The van der Waals surface area contributed by atoms with Gasteiger partial charge in [0.1, 0.15) is 12.1 Å². The van der Waals surface area contributed by atoms with Gasteiger partial charge in [-0.15, -0.1) is 0 Å². The molecule has 2 aliphatic rings. The highest BCUT2D eigenvalue weighted by Crippen LogP contribution is 2.13. The second-order valence-electron chi connectivity index (χ2n) is 5.03. The predicted octanol–water partition coefficient (Wildman–Crippen LogP) is -1.12. The standard InChI is InChI=1S/C12H19N3O4/c1-8(12(18)19)14-4-6-15(7-5-14)11(17)9-2-3-10(16)13-9/h8-9H,2-7H2,1H3,(H,13,16)(H,18,19)/t8?,9-/m1/s1. The number of hydrogen-bond donors (Lipinski definition) is 2. The molecule has 2 heterocycles. The molecule has 2 aliphatic heterocycles. The van der Waals surface area contributed by atoms with Crippen LogP contribution in [0, 0.1) is 0 Å². The van der Waals surface area contributed by atoms with Gasteiger partial charge in [-0.25, -0.2) is 0 Å². The fraction of sp³-hybridized carbons (Fsp3) is 0.750. The van der Waals surface area contributed by atoms with E-state index in [-0.39, 0.29) is 11.8 Å². The molecule has 0 aromatic rings. The van der Waals surface area contributed by atoms with E-state index < -0.39 is 18.1 Å². The molecule has 0 aliphatic carbocycles. The van der Waals surface area contributed by atoms with Gasteiger partial charge in [-0.1, -0.05) is 0 Å². The van der Waals surface area contributed by atoms with E-state index in [0.29, 0.717) is 39.0 Å². The first-order valence-electron chi connectivity index (χ1n) is 6.54. The van der Waals surface area contributed by atoms with E-state index in [1.807, 2.05) is 4.90 Å². The number of nitrogens with zero attached hydrogens (tertiary/aromatic N) is 2. The normalized spacial score (nSPS) is 26.1. The van der Waals surface area contributed by atoms with E-state index in [1.165, 1.54) is 0 Å². The highest BCUT2D eigenvalue weighted by atomic mass is 16.4. The van der Waals surface area contributed by atoms with Gasteiger partial charge >= 0.3 is 5.97 Å². The number of carbonyl (C=O) groups is 3. The Morgan fingerprint density at radius 2 is 1.95 bits per heavy atom. The van der Waals surface area contributed by atoms with Gasteiger partial charge in [0, 0.05) is 32.6 Å². The summed E-state index contributed by atoms with van der Waals surface area (Å²) in [5.74, 6) is -0.965. The molecule has 0 aromatic heterocycles. The van der Waals surface area contributed by atoms with Crippen molar-refractivity contribution < 1.29 is 19.5 Å². The summed E-state index contributed by atoms with van der Waals surface area (Å²) in [4.78, 5) is 37.7. The van der Waals surface area contributed by atoms with Gasteiger partial charge in [-0.2, -0.15) is 0 Å². The molecule has 106 valence electrons. The van der Waals surface area contributed by atoms with Gasteiger partial charge in [0.25, 0.3) is 0 Å². The van der Waals surface area contributed by atoms with Gasteiger partial charge < -0.3 is 15.3 Å². The minimum Gasteiger partial charge on any atom is -0.480 e. The van der Waals surface area contributed by atoms with Crippen molar-refractivity contribution in [3.63, 3.8) is 0 Å². The average Bonchev–Trinajstić information content (AvgIpc) is 2.84. The van der Waals surface area contributed by atoms with Crippen LogP contribution in [0.15, 0.2) is 0 Å². The maximum atomic E-state index is 12.1. The van der Waals surface area contributed by atoms with Crippen LogP contribution in [0.4, 0.5) is 0 Å². The molecule has 2 saturated heterocycles. The quantitative estimate of drug-likeness (QED) is 0.677. The Hall–Kier alpha value is -1.63. The number of piperazine rings is 1. The van der Waals surface area contributed by atoms with Crippen LogP contribution < -0.4 is 5.32 Å². The molecule has 0 radical (unpaired) electrons. The molecular weight excluding hydrogens is 250 g/mol. The Labute approximate surface area is 111 Å². The summed E-state index contributed by atoms with van der Waals surface area (Å²) < 4.78 is 0. The van der Waals surface area contributed by atoms with Crippen LogP contribution in [0.25, 0.3) is 0 Å². The number of carboxylic acids is 1. The van der Waals surface area contributed by atoms with Gasteiger partial charge in [0.05, 0.1) is 0 Å². The second-order valence-corrected chi connectivity index (χ2v) is 5.03. The molecule has 0 bridgehead atoms. The van der Waals surface area contributed by atoms with Crippen molar-refractivity contribution in [2.45, 2.75) is 31.8 Å². The van der Waals surface area contributed by atoms with Crippen LogP contribution >= 0.6 is 0 Å². The molecule has 0 aromatic carbocycles. The Morgan fingerprint density at radius 1 is 1.32 bits per heavy atom. The van der Waals surface area contributed by atoms with Crippen LogP contribution in [-0.4, -0.2) is 71.0 Å². The number of hydrogen-bond acceptors (Lipinski definition) is 4. The number of aliphatic carboxylic acids is 1. The van der Waals surface area contributed by atoms with E-state index in [4.69, 9.17) is 5.11 Å². The molecule has 0 saturated carbocycles. The zero-order chi connectivity index (χ0) is 14.0. The molecule has 2 amide bonds. The number of amides is 2. The van der Waals surface area contributed by atoms with Crippen LogP contribution in [0.3, 0.4) is 0 Å². The molecule has 1 unspecified atom stereocenters. The van der Waals surface area contributed by atoms with Crippen LogP contribution in [-0.2, 0) is 14.4 Å². The van der Waals surface area contributed by atoms with Gasteiger partial charge in [-0.3, -0.25) is 19.3 Å². The third-order valence-corrected chi connectivity index (χ3v) is 3.82. The summed E-state index contributed by atoms with van der Waals surface area (Å²) in [6, 6.07) is -0.917. The lowest BCUT2D eigenvalue weighted by atomic mass is 10.1. The van der Waals surface area contributed by atoms with E-state index in [1.54, 1.807) is 11.8 Å². The van der Waals surface area contributed by atoms with Gasteiger partial charge in [-0.05, 0) is 13.3 Å². The van der Waals surface area contributed by atoms with Crippen LogP contribution in [0.1, 0.15) is 19.8 Å². The fourth-order valence-electron chi connectivity index (χ4n) is 2.51. The van der Waals surface area contributed by atoms with E-state index >= 15 is 0 Å². The zero-order valence-electron chi connectivity index (χ0n) is 11.0. The lowest BCUT2D eigenvalue weighted by Gasteiger charge is -2.37. The molecular formula is C12H19N3O4. The first-order chi connectivity index (χ1) is 8.99. The summed E-state index contributed by atoms with van der Waals surface area (Å²) >= 11 is 0. The fourth-order valence-corrected chi connectivity index (χ4v) is 2.51. The Kier molecular flexibility index (Phi) is 4.04. The van der Waals surface area contributed by atoms with Crippen molar-refractivity contribution in [1.29, 1.82) is 0 Å². The van der Waals surface area contributed by atoms with E-state index in [0.717, 1.165) is 0 Å². The summed E-state index contributed by atoms with van der Waals surface area (Å²) in [6.45, 7) is 3.79. The molecule has 2 N–H and O–H groups in total. The molecule has 7 heteroatoms. The van der Waals surface area contributed by atoms with Crippen molar-refractivity contribution >= 4 is 17.8 Å². The molecule has 0 spiro atoms. The van der Waals surface area contributed by atoms with Crippen LogP contribution in [0.5, 0.6) is 0 Å². The Bertz CT molecular complexity index is 390. The molecule has 19 heavy (non-hydrogen) atoms. The smallest absolute Gasteiger partial charge is 0.320 e. The molecule has 2 rings (SSSR count). The van der Waals surface area contributed by atoms with Crippen LogP contribution in [0.2, 0.25) is 0 Å². The zero-order valence-corrected chi connectivity index (χ0v) is 11.0. The van der Waals surface area contributed by atoms with Crippen molar-refractivity contribution in [1.82, 2.24) is 15.1 Å². The Morgan fingerprint density at radius 3 is 2.42 bits per heavy atom. The van der Waals surface area contributed by atoms with Crippen molar-refractivity contribution in [3.8, 4) is 0 Å². The number of carboxylic acid groups (broad SMARTS) is 1. The first-order valence-corrected chi connectivity index (χ1v) is 6.54. The first kappa shape index (κ1) is 13.8. The Balaban J connectivity index is 1.84. The third kappa shape index (κ3) is 3.04. The largest absolute Gasteiger partial charge is 0.480 e. The number of rotatable bonds is 3. The lowest BCUT2D eigenvalue weighted by molar-refractivity contribution is -0.144. The predicted molar refractivity (Wildman–Crippen MR) is 66.4 cm³/mol. The highest BCUT2D eigenvalue weighted by Gasteiger charge is 2.33. The third-order valence-electron chi connectivity index (χ3n) is 3.82. The van der Waals surface area contributed by atoms with E-state index in [2.05, 4.69) is 5.32 Å². The molecule has 2 fully saturated rings. The van der Waals surface area contributed by atoms with Crippen molar-refractivity contribution in [2.75, 3.05) is 26.2 Å². The minimum absolute atomic E-state index is 0.0477. The molecule has 2 atom stereocenters. The molecule has 7 nitrogen and oxygen atoms in total. The van der Waals surface area contributed by atoms with Gasteiger partial charge in [0.2, 0.25) is 11.8 Å². The van der Waals surface area contributed by atoms with Gasteiger partial charge in [0.15, 0.2) is 0 Å². The SMILES string of the molecule is CC(C(=O)O)N1CCN(C(=O)[C@H]2CCC(=O)N2)CC1. The maximum Gasteiger partial charge on any atom is 0.320 e.